The molecule has 1 N–H and O–H groups in total. The predicted octanol–water partition coefficient (Wildman–Crippen LogP) is 1.16. The Morgan fingerprint density at radius 2 is 2.30 bits per heavy atom. The maximum atomic E-state index is 10.6. The summed E-state index contributed by atoms with van der Waals surface area (Å²) in [7, 11) is 0. The van der Waals surface area contributed by atoms with Gasteiger partial charge >= 0.3 is 0 Å². The molecular formula is C7H12N2O. The molecule has 0 aromatic carbocycles. The molecular weight excluding hydrogens is 128 g/mol. The summed E-state index contributed by atoms with van der Waals surface area (Å²) in [5, 5.41) is 10.1. The minimum atomic E-state index is -0.170. The van der Waals surface area contributed by atoms with Gasteiger partial charge in [-0.2, -0.15) is 5.26 Å². The van der Waals surface area contributed by atoms with Crippen molar-refractivity contribution in [3.63, 3.8) is 0 Å². The zero-order chi connectivity index (χ0) is 7.82. The number of rotatable bonds is 4. The van der Waals surface area contributed by atoms with E-state index in [1.165, 1.54) is 0 Å². The van der Waals surface area contributed by atoms with Crippen molar-refractivity contribution in [3.8, 4) is 6.19 Å². The lowest BCUT2D eigenvalue weighted by Gasteiger charge is -1.94. The van der Waals surface area contributed by atoms with Crippen LogP contribution in [-0.2, 0) is 4.79 Å². The van der Waals surface area contributed by atoms with E-state index in [1.807, 2.05) is 0 Å². The largest absolute Gasteiger partial charge is 0.274 e. The number of hydrogen-bond donors (Lipinski definition) is 1. The predicted molar refractivity (Wildman–Crippen MR) is 37.9 cm³/mol. The molecule has 0 aliphatic carbocycles. The number of carbonyl (C=O) groups excluding carboxylic acids is 1. The summed E-state index contributed by atoms with van der Waals surface area (Å²) in [6.45, 7) is 2.07. The van der Waals surface area contributed by atoms with Crippen LogP contribution in [0, 0.1) is 11.5 Å². The van der Waals surface area contributed by atoms with E-state index in [4.69, 9.17) is 5.26 Å². The molecule has 0 fully saturated rings. The second kappa shape index (κ2) is 6.09. The summed E-state index contributed by atoms with van der Waals surface area (Å²) in [5.41, 5.74) is 0. The number of nitriles is 1. The second-order valence-corrected chi connectivity index (χ2v) is 2.12. The van der Waals surface area contributed by atoms with Crippen molar-refractivity contribution in [3.05, 3.63) is 0 Å². The quantitative estimate of drug-likeness (QED) is 0.362. The van der Waals surface area contributed by atoms with Crippen molar-refractivity contribution in [2.24, 2.45) is 0 Å². The molecule has 0 aliphatic rings. The monoisotopic (exact) mass is 140 g/mol. The van der Waals surface area contributed by atoms with Crippen LogP contribution >= 0.6 is 0 Å². The molecule has 0 rings (SSSR count). The van der Waals surface area contributed by atoms with Gasteiger partial charge in [-0.3, -0.25) is 10.1 Å². The molecule has 0 spiro atoms. The summed E-state index contributed by atoms with van der Waals surface area (Å²) in [4.78, 5) is 10.6. The Labute approximate surface area is 61.0 Å². The highest BCUT2D eigenvalue weighted by molar-refractivity contribution is 5.77. The third-order valence-corrected chi connectivity index (χ3v) is 1.20. The molecule has 1 amide bonds. The minimum Gasteiger partial charge on any atom is -0.274 e. The molecule has 0 saturated heterocycles. The average molecular weight is 140 g/mol. The van der Waals surface area contributed by atoms with Crippen molar-refractivity contribution in [1.29, 1.82) is 5.26 Å². The Morgan fingerprint density at radius 1 is 1.60 bits per heavy atom. The van der Waals surface area contributed by atoms with Crippen molar-refractivity contribution < 1.29 is 4.79 Å². The zero-order valence-electron chi connectivity index (χ0n) is 6.18. The summed E-state index contributed by atoms with van der Waals surface area (Å²) >= 11 is 0. The van der Waals surface area contributed by atoms with Crippen molar-refractivity contribution >= 4 is 5.91 Å². The van der Waals surface area contributed by atoms with Crippen molar-refractivity contribution in [2.75, 3.05) is 0 Å². The first-order chi connectivity index (χ1) is 4.81. The summed E-state index contributed by atoms with van der Waals surface area (Å²) in [6, 6.07) is 0. The van der Waals surface area contributed by atoms with Gasteiger partial charge in [-0.05, 0) is 6.42 Å². The molecule has 0 atom stereocenters. The van der Waals surface area contributed by atoms with Gasteiger partial charge in [-0.1, -0.05) is 19.8 Å². The van der Waals surface area contributed by atoms with E-state index in [0.29, 0.717) is 6.42 Å². The lowest BCUT2D eigenvalue weighted by molar-refractivity contribution is -0.120. The lowest BCUT2D eigenvalue weighted by Crippen LogP contribution is -2.16. The first-order valence-corrected chi connectivity index (χ1v) is 3.49. The van der Waals surface area contributed by atoms with E-state index in [9.17, 15) is 4.79 Å². The van der Waals surface area contributed by atoms with E-state index in [1.54, 1.807) is 6.19 Å². The Kier molecular flexibility index (Phi) is 5.45. The van der Waals surface area contributed by atoms with Gasteiger partial charge in [0.1, 0.15) is 0 Å². The third kappa shape index (κ3) is 5.10. The van der Waals surface area contributed by atoms with Crippen LogP contribution in [0.2, 0.25) is 0 Å². The average Bonchev–Trinajstić information content (AvgIpc) is 1.89. The number of amides is 1. The van der Waals surface area contributed by atoms with Crippen LogP contribution in [0.25, 0.3) is 0 Å². The molecule has 0 radical (unpaired) electrons. The molecule has 0 aromatic rings. The number of unbranched alkanes of at least 4 members (excludes halogenated alkanes) is 2. The van der Waals surface area contributed by atoms with E-state index in [2.05, 4.69) is 12.2 Å². The standard InChI is InChI=1S/C7H12N2O/c1-2-3-4-5-7(10)9-6-8/h2-5H2,1H3,(H,9,10). The molecule has 0 saturated carbocycles. The van der Waals surface area contributed by atoms with Gasteiger partial charge in [-0.25, -0.2) is 0 Å². The maximum Gasteiger partial charge on any atom is 0.232 e. The van der Waals surface area contributed by atoms with Gasteiger partial charge < -0.3 is 0 Å². The van der Waals surface area contributed by atoms with Gasteiger partial charge in [0.05, 0.1) is 0 Å². The van der Waals surface area contributed by atoms with Crippen LogP contribution in [0.4, 0.5) is 0 Å². The number of carbonyl (C=O) groups is 1. The molecule has 0 aromatic heterocycles. The smallest absolute Gasteiger partial charge is 0.232 e. The zero-order valence-corrected chi connectivity index (χ0v) is 6.18. The van der Waals surface area contributed by atoms with E-state index >= 15 is 0 Å². The Morgan fingerprint density at radius 3 is 2.80 bits per heavy atom. The molecule has 0 bridgehead atoms. The molecule has 10 heavy (non-hydrogen) atoms. The summed E-state index contributed by atoms with van der Waals surface area (Å²) in [5.74, 6) is -0.170. The van der Waals surface area contributed by atoms with Gasteiger partial charge in [0.2, 0.25) is 5.91 Å². The molecule has 0 aliphatic heterocycles. The normalized spacial score (nSPS) is 8.40. The van der Waals surface area contributed by atoms with Crippen molar-refractivity contribution in [1.82, 2.24) is 5.32 Å². The highest BCUT2D eigenvalue weighted by atomic mass is 16.1. The fraction of sp³-hybridized carbons (Fsp3) is 0.714. The van der Waals surface area contributed by atoms with Crippen LogP contribution in [0.1, 0.15) is 32.6 Å². The lowest BCUT2D eigenvalue weighted by atomic mass is 10.2. The Bertz CT molecular complexity index is 137. The first-order valence-electron chi connectivity index (χ1n) is 3.49. The van der Waals surface area contributed by atoms with Crippen molar-refractivity contribution in [2.45, 2.75) is 32.6 Å². The first kappa shape index (κ1) is 8.96. The Balaban J connectivity index is 3.15. The van der Waals surface area contributed by atoms with Crippen LogP contribution in [-0.4, -0.2) is 5.91 Å². The number of nitrogens with one attached hydrogen (secondary N) is 1. The van der Waals surface area contributed by atoms with Crippen LogP contribution < -0.4 is 5.32 Å². The van der Waals surface area contributed by atoms with Gasteiger partial charge in [0, 0.05) is 6.42 Å². The highest BCUT2D eigenvalue weighted by Crippen LogP contribution is 1.97. The molecule has 3 heteroatoms. The number of hydrogen-bond acceptors (Lipinski definition) is 2. The minimum absolute atomic E-state index is 0.170. The molecule has 3 nitrogen and oxygen atoms in total. The van der Waals surface area contributed by atoms with Crippen LogP contribution in [0.3, 0.4) is 0 Å². The third-order valence-electron chi connectivity index (χ3n) is 1.20. The summed E-state index contributed by atoms with van der Waals surface area (Å²) < 4.78 is 0. The van der Waals surface area contributed by atoms with E-state index in [-0.39, 0.29) is 5.91 Å². The summed E-state index contributed by atoms with van der Waals surface area (Å²) in [6.07, 6.45) is 5.10. The fourth-order valence-corrected chi connectivity index (χ4v) is 0.660. The molecule has 0 unspecified atom stereocenters. The fourth-order valence-electron chi connectivity index (χ4n) is 0.660. The van der Waals surface area contributed by atoms with Crippen LogP contribution in [0.15, 0.2) is 0 Å². The Hall–Kier alpha value is -1.04. The van der Waals surface area contributed by atoms with Gasteiger partial charge in [0.15, 0.2) is 6.19 Å². The second-order valence-electron chi connectivity index (χ2n) is 2.12. The topological polar surface area (TPSA) is 52.9 Å². The molecule has 0 heterocycles. The number of nitrogens with zero attached hydrogens (tertiary/aromatic N) is 1. The highest BCUT2D eigenvalue weighted by Gasteiger charge is 1.96. The SMILES string of the molecule is CCCCCC(=O)NC#N. The van der Waals surface area contributed by atoms with E-state index < -0.39 is 0 Å². The van der Waals surface area contributed by atoms with E-state index in [0.717, 1.165) is 19.3 Å². The maximum absolute atomic E-state index is 10.6. The van der Waals surface area contributed by atoms with Crippen LogP contribution in [0.5, 0.6) is 0 Å². The van der Waals surface area contributed by atoms with Gasteiger partial charge in [0.25, 0.3) is 0 Å². The molecule has 56 valence electrons. The van der Waals surface area contributed by atoms with Gasteiger partial charge in [-0.15, -0.1) is 0 Å².